The number of pyridine rings is 1. The number of aromatic amines is 1. The van der Waals surface area contributed by atoms with Gasteiger partial charge in [0.05, 0.1) is 26.3 Å². The molecule has 2 N–H and O–H groups in total. The number of carbonyl (C=O) groups is 1. The van der Waals surface area contributed by atoms with Crippen molar-refractivity contribution in [3.63, 3.8) is 0 Å². The normalized spacial score (nSPS) is 10.9. The summed E-state index contributed by atoms with van der Waals surface area (Å²) in [7, 11) is 3.27. The molecule has 3 heterocycles. The van der Waals surface area contributed by atoms with Crippen molar-refractivity contribution in [2.45, 2.75) is 26.2 Å². The predicted octanol–water partition coefficient (Wildman–Crippen LogP) is 3.35. The lowest BCUT2D eigenvalue weighted by molar-refractivity contribution is -0.115. The summed E-state index contributed by atoms with van der Waals surface area (Å²) < 4.78 is 12.6. The fourth-order valence-corrected chi connectivity index (χ4v) is 3.48. The highest BCUT2D eigenvalue weighted by Gasteiger charge is 2.11. The first-order chi connectivity index (χ1) is 15.0. The maximum atomic E-state index is 12.4. The molecule has 0 unspecified atom stereocenters. The van der Waals surface area contributed by atoms with Gasteiger partial charge in [-0.15, -0.1) is 0 Å². The third-order valence-corrected chi connectivity index (χ3v) is 5.06. The zero-order chi connectivity index (χ0) is 21.8. The second-order valence-corrected chi connectivity index (χ2v) is 7.38. The molecular weight excluding hydrogens is 394 g/mol. The summed E-state index contributed by atoms with van der Waals surface area (Å²) in [4.78, 5) is 17.0. The van der Waals surface area contributed by atoms with E-state index < -0.39 is 0 Å². The number of benzene rings is 1. The Labute approximate surface area is 180 Å². The summed E-state index contributed by atoms with van der Waals surface area (Å²) in [6, 6.07) is 11.6. The molecule has 0 fully saturated rings. The van der Waals surface area contributed by atoms with Gasteiger partial charge < -0.3 is 19.2 Å². The molecule has 0 atom stereocenters. The third-order valence-electron chi connectivity index (χ3n) is 5.06. The lowest BCUT2D eigenvalue weighted by atomic mass is 10.1. The van der Waals surface area contributed by atoms with Crippen LogP contribution in [0.25, 0.3) is 5.65 Å². The van der Waals surface area contributed by atoms with Gasteiger partial charge in [0, 0.05) is 30.2 Å². The molecule has 1 amide bonds. The van der Waals surface area contributed by atoms with Crippen LogP contribution >= 0.6 is 0 Å². The summed E-state index contributed by atoms with van der Waals surface area (Å²) >= 11 is 0. The van der Waals surface area contributed by atoms with Gasteiger partial charge in [0.2, 0.25) is 5.91 Å². The minimum absolute atomic E-state index is 0.156. The Morgan fingerprint density at radius 1 is 1.13 bits per heavy atom. The van der Waals surface area contributed by atoms with E-state index in [0.29, 0.717) is 5.82 Å². The number of carbonyl (C=O) groups excluding carboxylic acids is 1. The Kier molecular flexibility index (Phi) is 5.88. The first kappa shape index (κ1) is 20.5. The molecule has 8 heteroatoms. The smallest absolute Gasteiger partial charge is 0.231 e. The summed E-state index contributed by atoms with van der Waals surface area (Å²) in [5, 5.41) is 10.0. The van der Waals surface area contributed by atoms with Crippen molar-refractivity contribution in [2.75, 3.05) is 19.5 Å². The van der Waals surface area contributed by atoms with Crippen LogP contribution in [0.2, 0.25) is 0 Å². The van der Waals surface area contributed by atoms with E-state index in [1.165, 1.54) is 0 Å². The van der Waals surface area contributed by atoms with Gasteiger partial charge in [0.25, 0.3) is 0 Å². The Bertz CT molecular complexity index is 1190. The van der Waals surface area contributed by atoms with E-state index in [9.17, 15) is 4.79 Å². The molecule has 4 rings (SSSR count). The van der Waals surface area contributed by atoms with E-state index in [4.69, 9.17) is 9.47 Å². The zero-order valence-electron chi connectivity index (χ0n) is 17.8. The Hall–Kier alpha value is -3.81. The first-order valence-corrected chi connectivity index (χ1v) is 10.0. The van der Waals surface area contributed by atoms with Crippen LogP contribution in [0.15, 0.2) is 48.8 Å². The van der Waals surface area contributed by atoms with Gasteiger partial charge >= 0.3 is 0 Å². The van der Waals surface area contributed by atoms with E-state index in [2.05, 4.69) is 20.5 Å². The van der Waals surface area contributed by atoms with Gasteiger partial charge in [-0.25, -0.2) is 4.98 Å². The highest BCUT2D eigenvalue weighted by molar-refractivity contribution is 5.91. The topological polar surface area (TPSA) is 93.5 Å². The van der Waals surface area contributed by atoms with E-state index >= 15 is 0 Å². The van der Waals surface area contributed by atoms with Crippen LogP contribution in [-0.4, -0.2) is 39.7 Å². The van der Waals surface area contributed by atoms with Crippen molar-refractivity contribution in [3.05, 3.63) is 71.3 Å². The summed E-state index contributed by atoms with van der Waals surface area (Å²) in [6.45, 7) is 2.00. The van der Waals surface area contributed by atoms with Crippen molar-refractivity contribution in [1.82, 2.24) is 19.6 Å². The molecule has 8 nitrogen and oxygen atoms in total. The van der Waals surface area contributed by atoms with Crippen LogP contribution in [0.5, 0.6) is 11.5 Å². The number of imidazole rings is 1. The van der Waals surface area contributed by atoms with Gasteiger partial charge in [-0.05, 0) is 49.1 Å². The number of nitrogens with one attached hydrogen (secondary N) is 2. The molecule has 0 aliphatic heterocycles. The molecule has 0 bridgehead atoms. The average molecular weight is 419 g/mol. The van der Waals surface area contributed by atoms with Gasteiger partial charge in [-0.2, -0.15) is 5.10 Å². The maximum absolute atomic E-state index is 12.4. The molecule has 31 heavy (non-hydrogen) atoms. The van der Waals surface area contributed by atoms with Gasteiger partial charge in [0.15, 0.2) is 5.82 Å². The fourth-order valence-electron chi connectivity index (χ4n) is 3.48. The van der Waals surface area contributed by atoms with Crippen molar-refractivity contribution in [3.8, 4) is 11.5 Å². The first-order valence-electron chi connectivity index (χ1n) is 10.0. The van der Waals surface area contributed by atoms with Crippen molar-refractivity contribution in [2.24, 2.45) is 0 Å². The molecule has 0 spiro atoms. The highest BCUT2D eigenvalue weighted by atomic mass is 16.5. The fraction of sp³-hybridized carbons (Fsp3) is 0.261. The Morgan fingerprint density at radius 3 is 2.61 bits per heavy atom. The highest BCUT2D eigenvalue weighted by Crippen LogP contribution is 2.23. The van der Waals surface area contributed by atoms with E-state index in [-0.39, 0.29) is 12.3 Å². The number of nitrogens with zero attached hydrogens (tertiary/aromatic N) is 3. The number of hydrogen-bond acceptors (Lipinski definition) is 5. The Morgan fingerprint density at radius 2 is 1.90 bits per heavy atom. The zero-order valence-corrected chi connectivity index (χ0v) is 17.8. The number of hydrogen-bond donors (Lipinski definition) is 2. The molecule has 0 saturated heterocycles. The van der Waals surface area contributed by atoms with E-state index in [0.717, 1.165) is 52.5 Å². The quantitative estimate of drug-likeness (QED) is 0.457. The molecule has 3 aromatic heterocycles. The minimum atomic E-state index is -0.156. The van der Waals surface area contributed by atoms with Gasteiger partial charge in [-0.3, -0.25) is 9.89 Å². The van der Waals surface area contributed by atoms with Crippen LogP contribution in [-0.2, 0) is 24.1 Å². The number of anilines is 1. The van der Waals surface area contributed by atoms with Crippen LogP contribution in [0.3, 0.4) is 0 Å². The molecule has 0 radical (unpaired) electrons. The lowest BCUT2D eigenvalue weighted by Gasteiger charge is -2.08. The third kappa shape index (κ3) is 4.85. The van der Waals surface area contributed by atoms with Gasteiger partial charge in [-0.1, -0.05) is 6.07 Å². The van der Waals surface area contributed by atoms with Crippen molar-refractivity contribution in [1.29, 1.82) is 0 Å². The maximum Gasteiger partial charge on any atom is 0.231 e. The van der Waals surface area contributed by atoms with Crippen molar-refractivity contribution >= 4 is 17.4 Å². The number of ether oxygens (including phenoxy) is 2. The van der Waals surface area contributed by atoms with Gasteiger partial charge in [0.1, 0.15) is 17.1 Å². The van der Waals surface area contributed by atoms with E-state index in [1.54, 1.807) is 14.2 Å². The molecule has 160 valence electrons. The summed E-state index contributed by atoms with van der Waals surface area (Å²) in [6.07, 6.45) is 5.51. The molecular formula is C23H25N5O3. The van der Waals surface area contributed by atoms with Crippen LogP contribution in [0.4, 0.5) is 5.82 Å². The summed E-state index contributed by atoms with van der Waals surface area (Å²) in [5.41, 5.74) is 4.68. The Balaban J connectivity index is 1.35. The number of aromatic nitrogens is 4. The molecule has 1 aromatic carbocycles. The number of aryl methyl sites for hydroxylation is 3. The number of fused-ring (bicyclic) bond motifs is 1. The minimum Gasteiger partial charge on any atom is -0.497 e. The summed E-state index contributed by atoms with van der Waals surface area (Å²) in [5.74, 6) is 1.86. The molecule has 0 aliphatic rings. The predicted molar refractivity (Wildman–Crippen MR) is 118 cm³/mol. The number of rotatable bonds is 8. The lowest BCUT2D eigenvalue weighted by Crippen LogP contribution is -2.14. The number of H-pyrrole nitrogens is 1. The van der Waals surface area contributed by atoms with E-state index in [1.807, 2.05) is 60.1 Å². The standard InChI is InChI=1S/C23H25N5O3/c1-15-5-4-8-28-14-18(24-23(15)28)12-22(29)25-21-11-17(26-27-21)7-6-16-9-19(30-2)13-20(10-16)31-3/h4-5,8-11,13-14H,6-7,12H2,1-3H3,(H2,25,26,27,29). The van der Waals surface area contributed by atoms with Crippen LogP contribution in [0, 0.1) is 6.92 Å². The second-order valence-electron chi connectivity index (χ2n) is 7.38. The average Bonchev–Trinajstić information content (AvgIpc) is 3.39. The van der Waals surface area contributed by atoms with Crippen molar-refractivity contribution < 1.29 is 14.3 Å². The molecule has 4 aromatic rings. The number of methoxy groups -OCH3 is 2. The molecule has 0 aliphatic carbocycles. The SMILES string of the molecule is COc1cc(CCc2cc(NC(=O)Cc3cn4cccc(C)c4n3)n[nH]2)cc(OC)c1. The van der Waals surface area contributed by atoms with Crippen LogP contribution in [0.1, 0.15) is 22.5 Å². The largest absolute Gasteiger partial charge is 0.497 e. The second kappa shape index (κ2) is 8.91. The van der Waals surface area contributed by atoms with Crippen LogP contribution < -0.4 is 14.8 Å². The molecule has 0 saturated carbocycles. The number of amides is 1. The monoisotopic (exact) mass is 419 g/mol.